The van der Waals surface area contributed by atoms with Crippen LogP contribution in [0.4, 0.5) is 16.0 Å². The number of halogens is 1. The van der Waals surface area contributed by atoms with Crippen LogP contribution in [-0.2, 0) is 29.1 Å². The molecule has 2 aliphatic heterocycles. The highest BCUT2D eigenvalue weighted by molar-refractivity contribution is 5.95. The standard InChI is InChI=1S/C34H46FN7O6/c1-22-31(48-21-37-22)20-47-30-14-24-5-8-41(18-26(24)13-29(30)35)19-28(44)17-36-34(45)25-15-32(39-33(16-25)40(3)11-12-46-4)38-27-6-9-42(10-7-27)23(2)43/h13-16,21,27-28,44H,5-12,17-20H2,1-4H3,(H,36,45)(H,38,39). The Balaban J connectivity index is 1.16. The molecule has 5 rings (SSSR count). The average Bonchev–Trinajstić information content (AvgIpc) is 3.49. The van der Waals surface area contributed by atoms with Gasteiger partial charge in [0.1, 0.15) is 18.2 Å². The number of likely N-dealkylation sites (N-methyl/N-ethyl adjacent to an activating group) is 1. The SMILES string of the molecule is COCCN(C)c1cc(C(=O)NCC(O)CN2CCc3cc(OCc4ocnc4C)c(F)cc3C2)cc(NC2CCN(C(C)=O)CC2)n1. The van der Waals surface area contributed by atoms with Crippen molar-refractivity contribution in [3.8, 4) is 5.75 Å². The van der Waals surface area contributed by atoms with E-state index < -0.39 is 11.9 Å². The third-order valence-corrected chi connectivity index (χ3v) is 8.90. The van der Waals surface area contributed by atoms with Crippen LogP contribution in [0, 0.1) is 12.7 Å². The lowest BCUT2D eigenvalue weighted by atomic mass is 9.99. The maximum atomic E-state index is 14.9. The van der Waals surface area contributed by atoms with Gasteiger partial charge in [-0.2, -0.15) is 0 Å². The number of aliphatic hydroxyl groups excluding tert-OH is 1. The Kier molecular flexibility index (Phi) is 11.8. The van der Waals surface area contributed by atoms with Gasteiger partial charge in [0.05, 0.1) is 18.4 Å². The number of carbonyl (C=O) groups excluding carboxylic acids is 2. The Morgan fingerprint density at radius 3 is 2.69 bits per heavy atom. The monoisotopic (exact) mass is 667 g/mol. The molecule has 2 aliphatic rings. The third kappa shape index (κ3) is 9.20. The largest absolute Gasteiger partial charge is 0.482 e. The number of rotatable bonds is 14. The first-order valence-electron chi connectivity index (χ1n) is 16.4. The smallest absolute Gasteiger partial charge is 0.251 e. The molecule has 1 saturated heterocycles. The number of benzene rings is 1. The second-order valence-electron chi connectivity index (χ2n) is 12.5. The third-order valence-electron chi connectivity index (χ3n) is 8.90. The van der Waals surface area contributed by atoms with E-state index in [1.165, 1.54) is 12.5 Å². The van der Waals surface area contributed by atoms with Gasteiger partial charge < -0.3 is 39.4 Å². The molecule has 1 fully saturated rings. The van der Waals surface area contributed by atoms with Crippen molar-refractivity contribution in [3.63, 3.8) is 0 Å². The maximum absolute atomic E-state index is 14.9. The summed E-state index contributed by atoms with van der Waals surface area (Å²) >= 11 is 0. The predicted molar refractivity (Wildman–Crippen MR) is 178 cm³/mol. The molecular weight excluding hydrogens is 621 g/mol. The van der Waals surface area contributed by atoms with Gasteiger partial charge in [-0.25, -0.2) is 14.4 Å². The molecule has 3 aromatic rings. The number of aromatic nitrogens is 2. The van der Waals surface area contributed by atoms with E-state index in [4.69, 9.17) is 18.9 Å². The minimum absolute atomic E-state index is 0.0494. The summed E-state index contributed by atoms with van der Waals surface area (Å²) in [6.07, 6.45) is 2.74. The molecule has 0 aliphatic carbocycles. The van der Waals surface area contributed by atoms with E-state index in [1.54, 1.807) is 39.2 Å². The number of likely N-dealkylation sites (tertiary alicyclic amines) is 1. The van der Waals surface area contributed by atoms with Gasteiger partial charge in [0.2, 0.25) is 5.91 Å². The van der Waals surface area contributed by atoms with E-state index >= 15 is 0 Å². The van der Waals surface area contributed by atoms with E-state index in [-0.39, 0.29) is 36.8 Å². The van der Waals surface area contributed by atoms with E-state index in [1.807, 2.05) is 21.7 Å². The fourth-order valence-electron chi connectivity index (χ4n) is 5.97. The quantitative estimate of drug-likeness (QED) is 0.233. The summed E-state index contributed by atoms with van der Waals surface area (Å²) in [5.41, 5.74) is 2.96. The normalized spacial score (nSPS) is 15.9. The topological polar surface area (TPSA) is 146 Å². The Morgan fingerprint density at radius 1 is 1.19 bits per heavy atom. The number of hydrogen-bond donors (Lipinski definition) is 3. The number of hydrogen-bond acceptors (Lipinski definition) is 11. The van der Waals surface area contributed by atoms with Gasteiger partial charge in [0.25, 0.3) is 5.91 Å². The molecule has 1 unspecified atom stereocenters. The van der Waals surface area contributed by atoms with Crippen molar-refractivity contribution in [1.82, 2.24) is 25.1 Å². The number of pyridine rings is 1. The highest BCUT2D eigenvalue weighted by atomic mass is 19.1. The van der Waals surface area contributed by atoms with Crippen molar-refractivity contribution in [2.24, 2.45) is 0 Å². The molecule has 14 heteroatoms. The number of nitrogens with zero attached hydrogens (tertiary/aromatic N) is 5. The van der Waals surface area contributed by atoms with Crippen LogP contribution < -0.4 is 20.3 Å². The number of fused-ring (bicyclic) bond motifs is 1. The minimum atomic E-state index is -0.831. The number of carbonyl (C=O) groups is 2. The van der Waals surface area contributed by atoms with Crippen molar-refractivity contribution in [2.75, 3.05) is 70.2 Å². The zero-order valence-electron chi connectivity index (χ0n) is 28.1. The number of β-amino-alcohol motifs (C(OH)–C–C–N with tert-alkyl or cyclic N) is 1. The highest BCUT2D eigenvalue weighted by Gasteiger charge is 2.24. The second kappa shape index (κ2) is 16.2. The van der Waals surface area contributed by atoms with Crippen LogP contribution in [0.15, 0.2) is 35.1 Å². The van der Waals surface area contributed by atoms with Crippen LogP contribution in [0.3, 0.4) is 0 Å². The van der Waals surface area contributed by atoms with Crippen molar-refractivity contribution in [2.45, 2.75) is 58.4 Å². The van der Waals surface area contributed by atoms with Crippen molar-refractivity contribution in [3.05, 3.63) is 64.6 Å². The summed E-state index contributed by atoms with van der Waals surface area (Å²) in [6.45, 7) is 7.42. The van der Waals surface area contributed by atoms with Gasteiger partial charge in [-0.1, -0.05) is 0 Å². The zero-order chi connectivity index (χ0) is 34.2. The van der Waals surface area contributed by atoms with Gasteiger partial charge in [0, 0.05) is 78.5 Å². The Labute approximate surface area is 280 Å². The van der Waals surface area contributed by atoms with Crippen molar-refractivity contribution < 1.29 is 33.0 Å². The molecule has 2 aromatic heterocycles. The molecule has 4 heterocycles. The molecule has 2 amide bonds. The minimum Gasteiger partial charge on any atom is -0.482 e. The van der Waals surface area contributed by atoms with Gasteiger partial charge in [-0.05, 0) is 61.6 Å². The summed E-state index contributed by atoms with van der Waals surface area (Å²) in [6, 6.07) is 6.78. The fourth-order valence-corrected chi connectivity index (χ4v) is 5.97. The van der Waals surface area contributed by atoms with Crippen molar-refractivity contribution >= 4 is 23.5 Å². The zero-order valence-corrected chi connectivity index (χ0v) is 28.1. The Morgan fingerprint density at radius 2 is 1.98 bits per heavy atom. The fraction of sp³-hybridized carbons (Fsp3) is 0.529. The van der Waals surface area contributed by atoms with Gasteiger partial charge in [-0.3, -0.25) is 14.5 Å². The molecule has 0 bridgehead atoms. The van der Waals surface area contributed by atoms with E-state index in [2.05, 4.69) is 15.6 Å². The molecule has 13 nitrogen and oxygen atoms in total. The number of nitrogens with one attached hydrogen (secondary N) is 2. The Hall–Kier alpha value is -4.27. The number of piperidine rings is 1. The lowest BCUT2D eigenvalue weighted by Crippen LogP contribution is -2.42. The molecule has 260 valence electrons. The molecule has 48 heavy (non-hydrogen) atoms. The lowest BCUT2D eigenvalue weighted by Gasteiger charge is -2.32. The van der Waals surface area contributed by atoms with Crippen LogP contribution in [0.25, 0.3) is 0 Å². The number of aryl methyl sites for hydroxylation is 1. The number of ether oxygens (including phenoxy) is 2. The summed E-state index contributed by atoms with van der Waals surface area (Å²) in [5.74, 6) is 1.20. The lowest BCUT2D eigenvalue weighted by molar-refractivity contribution is -0.129. The van der Waals surface area contributed by atoms with Crippen molar-refractivity contribution in [1.29, 1.82) is 0 Å². The summed E-state index contributed by atoms with van der Waals surface area (Å²) in [5, 5.41) is 17.2. The molecule has 1 atom stereocenters. The van der Waals surface area contributed by atoms with Crippen LogP contribution in [0.2, 0.25) is 0 Å². The first-order chi connectivity index (χ1) is 23.1. The molecular formula is C34H46FN7O6. The van der Waals surface area contributed by atoms with Crippen LogP contribution in [0.5, 0.6) is 5.75 Å². The summed E-state index contributed by atoms with van der Waals surface area (Å²) in [4.78, 5) is 39.6. The van der Waals surface area contributed by atoms with E-state index in [9.17, 15) is 19.1 Å². The molecule has 3 N–H and O–H groups in total. The van der Waals surface area contributed by atoms with E-state index in [0.717, 1.165) is 24.0 Å². The molecule has 1 aromatic carbocycles. The van der Waals surface area contributed by atoms with E-state index in [0.29, 0.717) is 80.9 Å². The number of methoxy groups -OCH3 is 1. The molecule has 0 spiro atoms. The Bertz CT molecular complexity index is 1560. The molecule has 0 radical (unpaired) electrons. The predicted octanol–water partition coefficient (Wildman–Crippen LogP) is 2.75. The maximum Gasteiger partial charge on any atom is 0.251 e. The number of amides is 2. The average molecular weight is 668 g/mol. The van der Waals surface area contributed by atoms with Gasteiger partial charge in [0.15, 0.2) is 23.7 Å². The number of anilines is 2. The highest BCUT2D eigenvalue weighted by Crippen LogP contribution is 2.28. The van der Waals surface area contributed by atoms with Gasteiger partial charge >= 0.3 is 0 Å². The number of aliphatic hydroxyl groups is 1. The summed E-state index contributed by atoms with van der Waals surface area (Å²) < 4.78 is 31.1. The van der Waals surface area contributed by atoms with Crippen LogP contribution >= 0.6 is 0 Å². The van der Waals surface area contributed by atoms with Crippen LogP contribution in [0.1, 0.15) is 52.7 Å². The van der Waals surface area contributed by atoms with Crippen LogP contribution in [-0.4, -0.2) is 109 Å². The second-order valence-corrected chi connectivity index (χ2v) is 12.5. The molecule has 0 saturated carbocycles. The first-order valence-corrected chi connectivity index (χ1v) is 16.4. The van der Waals surface area contributed by atoms with Gasteiger partial charge in [-0.15, -0.1) is 0 Å². The summed E-state index contributed by atoms with van der Waals surface area (Å²) in [7, 11) is 3.52. The first kappa shape index (κ1) is 35.0. The number of oxazole rings is 1.